The highest BCUT2D eigenvalue weighted by atomic mass is 79.9. The third kappa shape index (κ3) is 7.11. The van der Waals surface area contributed by atoms with Crippen LogP contribution in [0, 0.1) is 0 Å². The minimum absolute atomic E-state index is 0.193. The number of nitrogens with one attached hydrogen (secondary N) is 1. The third-order valence-electron chi connectivity index (χ3n) is 5.23. The number of hydrogen-bond acceptors (Lipinski definition) is 6. The van der Waals surface area contributed by atoms with Crippen LogP contribution in [0.3, 0.4) is 0 Å². The molecule has 3 aromatic carbocycles. The monoisotopic (exact) mass is 634 g/mol. The smallest absolute Gasteiger partial charge is 0.294 e. The van der Waals surface area contributed by atoms with E-state index in [4.69, 9.17) is 32.7 Å². The van der Waals surface area contributed by atoms with Crippen LogP contribution in [0.2, 0.25) is 10.0 Å². The lowest BCUT2D eigenvalue weighted by atomic mass is 10.1. The predicted octanol–water partition coefficient (Wildman–Crippen LogP) is 7.41. The van der Waals surface area contributed by atoms with Gasteiger partial charge in [0.1, 0.15) is 13.2 Å². The Bertz CT molecular complexity index is 1400. The summed E-state index contributed by atoms with van der Waals surface area (Å²) in [6.07, 6.45) is 1.58. The SMILES string of the molecule is CCOc1cc(/C=C2/SC(=O)N(CC(=O)Nc3ccc(Cl)cc3)C2=O)cc(Br)c1OCc1ccc(Cl)cc1. The molecule has 0 aromatic heterocycles. The zero-order valence-corrected chi connectivity index (χ0v) is 23.9. The van der Waals surface area contributed by atoms with E-state index in [1.54, 1.807) is 54.6 Å². The summed E-state index contributed by atoms with van der Waals surface area (Å²) in [7, 11) is 0. The minimum Gasteiger partial charge on any atom is -0.490 e. The summed E-state index contributed by atoms with van der Waals surface area (Å²) >= 11 is 16.1. The fraction of sp³-hybridized carbons (Fsp3) is 0.148. The number of benzene rings is 3. The summed E-state index contributed by atoms with van der Waals surface area (Å²) in [5, 5.41) is 3.29. The van der Waals surface area contributed by atoms with Crippen LogP contribution < -0.4 is 14.8 Å². The molecule has 7 nitrogen and oxygen atoms in total. The lowest BCUT2D eigenvalue weighted by Gasteiger charge is -2.15. The Balaban J connectivity index is 1.48. The second-order valence-corrected chi connectivity index (χ2v) is 10.7. The molecule has 0 radical (unpaired) electrons. The lowest BCUT2D eigenvalue weighted by molar-refractivity contribution is -0.127. The van der Waals surface area contributed by atoms with E-state index in [-0.39, 0.29) is 4.91 Å². The van der Waals surface area contributed by atoms with Gasteiger partial charge in [-0.2, -0.15) is 0 Å². The number of amides is 3. The number of thioether (sulfide) groups is 1. The van der Waals surface area contributed by atoms with Gasteiger partial charge in [0.25, 0.3) is 11.1 Å². The number of rotatable bonds is 9. The second kappa shape index (κ2) is 12.7. The maximum atomic E-state index is 12.9. The topological polar surface area (TPSA) is 84.9 Å². The van der Waals surface area contributed by atoms with Crippen molar-refractivity contribution in [3.63, 3.8) is 0 Å². The molecule has 1 aliphatic rings. The number of nitrogens with zero attached hydrogens (tertiary/aromatic N) is 1. The molecule has 0 unspecified atom stereocenters. The summed E-state index contributed by atoms with van der Waals surface area (Å²) < 4.78 is 12.4. The first-order valence-corrected chi connectivity index (χ1v) is 13.7. The molecular formula is C27H21BrCl2N2O5S. The lowest BCUT2D eigenvalue weighted by Crippen LogP contribution is -2.36. The summed E-state index contributed by atoms with van der Waals surface area (Å²) in [5.41, 5.74) is 2.06. The molecule has 3 amide bonds. The van der Waals surface area contributed by atoms with Crippen LogP contribution in [0.25, 0.3) is 6.08 Å². The number of carbonyl (C=O) groups is 3. The molecule has 1 fully saturated rings. The van der Waals surface area contributed by atoms with Gasteiger partial charge in [0.2, 0.25) is 5.91 Å². The van der Waals surface area contributed by atoms with Gasteiger partial charge in [0, 0.05) is 15.7 Å². The Morgan fingerprint density at radius 3 is 2.34 bits per heavy atom. The fourth-order valence-corrected chi connectivity index (χ4v) is 5.14. The first kappa shape index (κ1) is 28.0. The predicted molar refractivity (Wildman–Crippen MR) is 154 cm³/mol. The highest BCUT2D eigenvalue weighted by Gasteiger charge is 2.36. The number of hydrogen-bond donors (Lipinski definition) is 1. The van der Waals surface area contributed by atoms with Gasteiger partial charge in [-0.3, -0.25) is 19.3 Å². The van der Waals surface area contributed by atoms with Gasteiger partial charge in [-0.15, -0.1) is 0 Å². The van der Waals surface area contributed by atoms with Crippen molar-refractivity contribution in [3.8, 4) is 11.5 Å². The molecule has 4 rings (SSSR count). The molecular weight excluding hydrogens is 615 g/mol. The van der Waals surface area contributed by atoms with Crippen LogP contribution in [-0.4, -0.2) is 35.1 Å². The molecule has 1 saturated heterocycles. The van der Waals surface area contributed by atoms with Gasteiger partial charge >= 0.3 is 0 Å². The van der Waals surface area contributed by atoms with Crippen LogP contribution in [-0.2, 0) is 16.2 Å². The quantitative estimate of drug-likeness (QED) is 0.247. The Labute approximate surface area is 242 Å². The van der Waals surface area contributed by atoms with Crippen molar-refractivity contribution in [2.45, 2.75) is 13.5 Å². The number of ether oxygens (including phenoxy) is 2. The van der Waals surface area contributed by atoms with E-state index in [1.165, 1.54) is 0 Å². The molecule has 0 saturated carbocycles. The maximum absolute atomic E-state index is 12.9. The van der Waals surface area contributed by atoms with Gasteiger partial charge < -0.3 is 14.8 Å². The Morgan fingerprint density at radius 1 is 1.03 bits per heavy atom. The van der Waals surface area contributed by atoms with Crippen LogP contribution in [0.5, 0.6) is 11.5 Å². The largest absolute Gasteiger partial charge is 0.490 e. The maximum Gasteiger partial charge on any atom is 0.294 e. The molecule has 0 bridgehead atoms. The van der Waals surface area contributed by atoms with E-state index < -0.39 is 23.6 Å². The minimum atomic E-state index is -0.552. The van der Waals surface area contributed by atoms with E-state index in [1.807, 2.05) is 19.1 Å². The van der Waals surface area contributed by atoms with Crippen molar-refractivity contribution >= 4 is 79.7 Å². The first-order chi connectivity index (χ1) is 18.2. The van der Waals surface area contributed by atoms with Gasteiger partial charge in [0.05, 0.1) is 16.0 Å². The van der Waals surface area contributed by atoms with Gasteiger partial charge in [-0.1, -0.05) is 35.3 Å². The summed E-state index contributed by atoms with van der Waals surface area (Å²) in [6, 6.07) is 17.3. The molecule has 196 valence electrons. The van der Waals surface area contributed by atoms with E-state index in [0.29, 0.717) is 50.5 Å². The van der Waals surface area contributed by atoms with Crippen molar-refractivity contribution < 1.29 is 23.9 Å². The zero-order valence-electron chi connectivity index (χ0n) is 20.0. The first-order valence-electron chi connectivity index (χ1n) is 11.4. The summed E-state index contributed by atoms with van der Waals surface area (Å²) in [4.78, 5) is 39.0. The molecule has 1 aliphatic heterocycles. The molecule has 0 spiro atoms. The molecule has 0 atom stereocenters. The van der Waals surface area contributed by atoms with Crippen molar-refractivity contribution in [1.82, 2.24) is 4.90 Å². The van der Waals surface area contributed by atoms with Gasteiger partial charge in [0.15, 0.2) is 11.5 Å². The molecule has 11 heteroatoms. The van der Waals surface area contributed by atoms with E-state index in [2.05, 4.69) is 21.2 Å². The van der Waals surface area contributed by atoms with E-state index in [0.717, 1.165) is 22.2 Å². The second-order valence-electron chi connectivity index (χ2n) is 8.00. The molecule has 0 aliphatic carbocycles. The number of imide groups is 1. The Kier molecular flexibility index (Phi) is 9.38. The zero-order chi connectivity index (χ0) is 27.2. The third-order valence-corrected chi connectivity index (χ3v) is 7.23. The van der Waals surface area contributed by atoms with Crippen molar-refractivity contribution in [2.24, 2.45) is 0 Å². The van der Waals surface area contributed by atoms with Crippen LogP contribution in [0.1, 0.15) is 18.1 Å². The Hall–Kier alpha value is -2.98. The summed E-state index contributed by atoms with van der Waals surface area (Å²) in [6.45, 7) is 2.14. The standard InChI is InChI=1S/C27H21BrCl2N2O5S/c1-2-36-22-12-17(11-21(28)25(22)37-15-16-3-5-18(29)6-4-16)13-23-26(34)32(27(35)38-23)14-24(33)31-20-9-7-19(30)8-10-20/h3-13H,2,14-15H2,1H3,(H,31,33)/b23-13+. The normalized spacial score (nSPS) is 14.2. The van der Waals surface area contributed by atoms with Gasteiger partial charge in [-0.05, 0) is 100 Å². The van der Waals surface area contributed by atoms with Crippen LogP contribution in [0.4, 0.5) is 10.5 Å². The van der Waals surface area contributed by atoms with E-state index in [9.17, 15) is 14.4 Å². The summed E-state index contributed by atoms with van der Waals surface area (Å²) in [5.74, 6) is -0.0718. The van der Waals surface area contributed by atoms with Crippen molar-refractivity contribution in [1.29, 1.82) is 0 Å². The fourth-order valence-electron chi connectivity index (χ4n) is 3.48. The average Bonchev–Trinajstić information content (AvgIpc) is 3.13. The van der Waals surface area contributed by atoms with Crippen LogP contribution >= 0.6 is 50.9 Å². The molecule has 1 N–H and O–H groups in total. The Morgan fingerprint density at radius 2 is 1.68 bits per heavy atom. The highest BCUT2D eigenvalue weighted by molar-refractivity contribution is 9.10. The molecule has 38 heavy (non-hydrogen) atoms. The highest BCUT2D eigenvalue weighted by Crippen LogP contribution is 2.39. The van der Waals surface area contributed by atoms with Gasteiger partial charge in [-0.25, -0.2) is 0 Å². The van der Waals surface area contributed by atoms with Crippen molar-refractivity contribution in [2.75, 3.05) is 18.5 Å². The molecule has 1 heterocycles. The number of anilines is 1. The van der Waals surface area contributed by atoms with Crippen LogP contribution in [0.15, 0.2) is 70.0 Å². The average molecular weight is 636 g/mol. The number of carbonyl (C=O) groups excluding carboxylic acids is 3. The number of halogens is 3. The van der Waals surface area contributed by atoms with E-state index >= 15 is 0 Å². The molecule has 3 aromatic rings. The van der Waals surface area contributed by atoms with Crippen molar-refractivity contribution in [3.05, 3.63) is 91.2 Å².